The Morgan fingerprint density at radius 2 is 1.41 bits per heavy atom. The van der Waals surface area contributed by atoms with E-state index in [1.807, 2.05) is 91.0 Å². The highest BCUT2D eigenvalue weighted by atomic mass is 16.8. The molecule has 3 aromatic rings. The highest BCUT2D eigenvalue weighted by molar-refractivity contribution is 5.77. The minimum atomic E-state index is -1.00. The quantitative estimate of drug-likeness (QED) is 0.574. The van der Waals surface area contributed by atoms with Crippen molar-refractivity contribution in [2.75, 3.05) is 0 Å². The van der Waals surface area contributed by atoms with E-state index in [4.69, 9.17) is 19.2 Å². The van der Waals surface area contributed by atoms with Gasteiger partial charge in [0.05, 0.1) is 0 Å². The van der Waals surface area contributed by atoms with Crippen molar-refractivity contribution >= 4 is 12.1 Å². The molecule has 0 saturated carbocycles. The molecule has 1 unspecified atom stereocenters. The van der Waals surface area contributed by atoms with Gasteiger partial charge in [-0.05, 0) is 16.7 Å². The molecule has 0 aliphatic carbocycles. The van der Waals surface area contributed by atoms with Gasteiger partial charge < -0.3 is 14.2 Å². The third-order valence-electron chi connectivity index (χ3n) is 4.78. The van der Waals surface area contributed by atoms with Crippen LogP contribution in [0, 0.1) is 0 Å². The number of carbonyl (C=O) groups excluding carboxylic acids is 1. The normalized spacial score (nSPS) is 17.1. The summed E-state index contributed by atoms with van der Waals surface area (Å²) in [6.45, 7) is 1.87. The number of benzene rings is 3. The highest BCUT2D eigenvalue weighted by Gasteiger charge is 2.51. The molecule has 1 aliphatic rings. The standard InChI is InChI=1S/C24H21NO4/c1-18-25-24(20-13-7-3-8-14-20,21-15-9-4-10-16-21)22(28-18)29-23(26)27-17-19-11-5-2-6-12-19/h2-16,22H,17H2,1H3. The lowest BCUT2D eigenvalue weighted by atomic mass is 9.83. The van der Waals surface area contributed by atoms with Crippen molar-refractivity contribution in [3.8, 4) is 0 Å². The number of aliphatic imine (C=N–C) groups is 1. The van der Waals surface area contributed by atoms with Crippen LogP contribution in [0.3, 0.4) is 0 Å². The minimum absolute atomic E-state index is 0.121. The maximum Gasteiger partial charge on any atom is 0.511 e. The van der Waals surface area contributed by atoms with Crippen LogP contribution in [0.2, 0.25) is 0 Å². The molecule has 0 bridgehead atoms. The number of rotatable bonds is 5. The summed E-state index contributed by atoms with van der Waals surface area (Å²) in [5, 5.41) is 0. The first-order valence-electron chi connectivity index (χ1n) is 9.40. The predicted octanol–water partition coefficient (Wildman–Crippen LogP) is 5.06. The Hall–Kier alpha value is -3.60. The zero-order chi connectivity index (χ0) is 20.1. The van der Waals surface area contributed by atoms with E-state index < -0.39 is 18.0 Å². The molecule has 0 radical (unpaired) electrons. The Morgan fingerprint density at radius 3 is 1.97 bits per heavy atom. The van der Waals surface area contributed by atoms with E-state index in [2.05, 4.69) is 0 Å². The van der Waals surface area contributed by atoms with Crippen molar-refractivity contribution in [3.63, 3.8) is 0 Å². The molecular weight excluding hydrogens is 366 g/mol. The molecule has 0 amide bonds. The van der Waals surface area contributed by atoms with Crippen molar-refractivity contribution in [3.05, 3.63) is 108 Å². The predicted molar refractivity (Wildman–Crippen MR) is 109 cm³/mol. The first kappa shape index (κ1) is 18.7. The summed E-state index contributed by atoms with van der Waals surface area (Å²) in [6, 6.07) is 28.8. The molecular formula is C24H21NO4. The van der Waals surface area contributed by atoms with Gasteiger partial charge in [-0.3, -0.25) is 0 Å². The molecule has 1 atom stereocenters. The summed E-state index contributed by atoms with van der Waals surface area (Å²) in [4.78, 5) is 17.2. The second-order valence-electron chi connectivity index (χ2n) is 6.72. The molecule has 3 aromatic carbocycles. The van der Waals surface area contributed by atoms with E-state index in [1.165, 1.54) is 0 Å². The van der Waals surface area contributed by atoms with Crippen molar-refractivity contribution in [1.29, 1.82) is 0 Å². The van der Waals surface area contributed by atoms with Crippen molar-refractivity contribution in [1.82, 2.24) is 0 Å². The third kappa shape index (κ3) is 3.85. The molecule has 0 saturated heterocycles. The zero-order valence-electron chi connectivity index (χ0n) is 16.0. The van der Waals surface area contributed by atoms with E-state index in [0.717, 1.165) is 16.7 Å². The summed E-state index contributed by atoms with van der Waals surface area (Å²) < 4.78 is 16.8. The van der Waals surface area contributed by atoms with Gasteiger partial charge in [-0.2, -0.15) is 0 Å². The Morgan fingerprint density at radius 1 is 0.897 bits per heavy atom. The Bertz CT molecular complexity index is 948. The number of hydrogen-bond donors (Lipinski definition) is 0. The van der Waals surface area contributed by atoms with Crippen LogP contribution in [-0.2, 0) is 26.4 Å². The fourth-order valence-electron chi connectivity index (χ4n) is 3.47. The summed E-state index contributed by atoms with van der Waals surface area (Å²) >= 11 is 0. The van der Waals surface area contributed by atoms with Crippen molar-refractivity contribution in [2.24, 2.45) is 4.99 Å². The molecule has 5 heteroatoms. The Balaban J connectivity index is 1.62. The summed E-state index contributed by atoms with van der Waals surface area (Å²) in [5.74, 6) is 0.443. The van der Waals surface area contributed by atoms with Crippen molar-refractivity contribution in [2.45, 2.75) is 25.4 Å². The third-order valence-corrected chi connectivity index (χ3v) is 4.78. The molecule has 0 N–H and O–H groups in total. The van der Waals surface area contributed by atoms with E-state index in [0.29, 0.717) is 5.90 Å². The van der Waals surface area contributed by atoms with E-state index >= 15 is 0 Å². The minimum Gasteiger partial charge on any atom is -0.439 e. The van der Waals surface area contributed by atoms with Gasteiger partial charge in [0, 0.05) is 6.92 Å². The van der Waals surface area contributed by atoms with E-state index in [9.17, 15) is 4.79 Å². The number of carbonyl (C=O) groups is 1. The molecule has 1 heterocycles. The van der Waals surface area contributed by atoms with Gasteiger partial charge in [0.15, 0.2) is 11.4 Å². The SMILES string of the molecule is CC1=NC(c2ccccc2)(c2ccccc2)C(OC(=O)OCc2ccccc2)O1. The summed E-state index contributed by atoms with van der Waals surface area (Å²) in [7, 11) is 0. The van der Waals surface area contributed by atoms with Crippen LogP contribution in [0.1, 0.15) is 23.6 Å². The lowest BCUT2D eigenvalue weighted by Gasteiger charge is -2.31. The molecule has 0 fully saturated rings. The fourth-order valence-corrected chi connectivity index (χ4v) is 3.47. The number of ether oxygens (including phenoxy) is 3. The maximum atomic E-state index is 12.5. The average Bonchev–Trinajstić information content (AvgIpc) is 3.11. The second-order valence-corrected chi connectivity index (χ2v) is 6.72. The summed E-state index contributed by atoms with van der Waals surface area (Å²) in [5.41, 5.74) is 1.60. The fraction of sp³-hybridized carbons (Fsp3) is 0.167. The second kappa shape index (κ2) is 8.19. The molecule has 146 valence electrons. The Labute approximate surface area is 169 Å². The highest BCUT2D eigenvalue weighted by Crippen LogP contribution is 2.43. The van der Waals surface area contributed by atoms with Gasteiger partial charge >= 0.3 is 6.16 Å². The van der Waals surface area contributed by atoms with E-state index in [1.54, 1.807) is 6.92 Å². The van der Waals surface area contributed by atoms with Gasteiger partial charge in [0.2, 0.25) is 0 Å². The van der Waals surface area contributed by atoms with Crippen LogP contribution in [0.4, 0.5) is 4.79 Å². The van der Waals surface area contributed by atoms with Gasteiger partial charge in [0.1, 0.15) is 6.61 Å². The van der Waals surface area contributed by atoms with Crippen LogP contribution in [0.5, 0.6) is 0 Å². The van der Waals surface area contributed by atoms with Crippen molar-refractivity contribution < 1.29 is 19.0 Å². The largest absolute Gasteiger partial charge is 0.511 e. The number of nitrogens with zero attached hydrogens (tertiary/aromatic N) is 1. The van der Waals surface area contributed by atoms with Gasteiger partial charge in [-0.1, -0.05) is 91.0 Å². The molecule has 29 heavy (non-hydrogen) atoms. The monoisotopic (exact) mass is 387 g/mol. The topological polar surface area (TPSA) is 57.1 Å². The van der Waals surface area contributed by atoms with Gasteiger partial charge in [0.25, 0.3) is 6.29 Å². The molecule has 1 aliphatic heterocycles. The van der Waals surface area contributed by atoms with Gasteiger partial charge in [-0.15, -0.1) is 0 Å². The summed E-state index contributed by atoms with van der Waals surface area (Å²) in [6.07, 6.45) is -1.78. The maximum absolute atomic E-state index is 12.5. The first-order chi connectivity index (χ1) is 14.2. The van der Waals surface area contributed by atoms with Crippen LogP contribution in [0.15, 0.2) is 96.0 Å². The van der Waals surface area contributed by atoms with E-state index in [-0.39, 0.29) is 6.61 Å². The lowest BCUT2D eigenvalue weighted by Crippen LogP contribution is -2.40. The van der Waals surface area contributed by atoms with Gasteiger partial charge in [-0.25, -0.2) is 9.79 Å². The van der Waals surface area contributed by atoms with Crippen LogP contribution < -0.4 is 0 Å². The molecule has 4 rings (SSSR count). The lowest BCUT2D eigenvalue weighted by molar-refractivity contribution is -0.0909. The van der Waals surface area contributed by atoms with Crippen LogP contribution in [0.25, 0.3) is 0 Å². The Kier molecular flexibility index (Phi) is 5.29. The molecule has 0 spiro atoms. The zero-order valence-corrected chi connectivity index (χ0v) is 16.0. The first-order valence-corrected chi connectivity index (χ1v) is 9.40. The van der Waals surface area contributed by atoms with Crippen LogP contribution >= 0.6 is 0 Å². The molecule has 5 nitrogen and oxygen atoms in total. The molecule has 0 aromatic heterocycles. The number of hydrogen-bond acceptors (Lipinski definition) is 5. The smallest absolute Gasteiger partial charge is 0.439 e. The average molecular weight is 387 g/mol. The van der Waals surface area contributed by atoms with Crippen LogP contribution in [-0.4, -0.2) is 18.3 Å².